The number of hydrogen-bond acceptors (Lipinski definition) is 10. The van der Waals surface area contributed by atoms with E-state index in [2.05, 4.69) is 33.7 Å². The molecule has 0 aliphatic heterocycles. The lowest BCUT2D eigenvalue weighted by atomic mass is 9.75. The first-order valence-corrected chi connectivity index (χ1v) is 14.5. The minimum atomic E-state index is -1.03. The summed E-state index contributed by atoms with van der Waals surface area (Å²) in [6.45, 7) is 8.86. The molecule has 0 saturated carbocycles. The summed E-state index contributed by atoms with van der Waals surface area (Å²) >= 11 is 0. The van der Waals surface area contributed by atoms with E-state index < -0.39 is 24.2 Å². The molecule has 1 aliphatic carbocycles. The summed E-state index contributed by atoms with van der Waals surface area (Å²) in [6, 6.07) is 0. The van der Waals surface area contributed by atoms with Crippen molar-refractivity contribution in [2.75, 3.05) is 0 Å². The zero-order chi connectivity index (χ0) is 29.0. The molecule has 0 N–H and O–H groups in total. The average Bonchev–Trinajstić information content (AvgIpc) is 2.87. The largest absolute Gasteiger partial charge is 0.550 e. The first-order valence-electron chi connectivity index (χ1n) is 14.5. The molecule has 0 amide bonds. The highest BCUT2D eigenvalue weighted by molar-refractivity contribution is 5.74. The molecule has 39 heavy (non-hydrogen) atoms. The van der Waals surface area contributed by atoms with Crippen molar-refractivity contribution in [1.82, 2.24) is 0 Å². The molecule has 10 nitrogen and oxygen atoms in total. The Morgan fingerprint density at radius 3 is 1.87 bits per heavy atom. The molecular weight excluding hydrogens is 508 g/mol. The summed E-state index contributed by atoms with van der Waals surface area (Å²) in [4.78, 5) is 65.4. The molecule has 3 unspecified atom stereocenters. The van der Waals surface area contributed by atoms with Crippen molar-refractivity contribution in [1.29, 1.82) is 0 Å². The van der Waals surface area contributed by atoms with Crippen LogP contribution in [0.1, 0.15) is 118 Å². The third-order valence-electron chi connectivity index (χ3n) is 6.41. The van der Waals surface area contributed by atoms with Crippen molar-refractivity contribution < 1.29 is 48.2 Å². The van der Waals surface area contributed by atoms with Crippen molar-refractivity contribution in [2.24, 2.45) is 17.8 Å². The Hall–Kier alpha value is -2.78. The number of carbonyl (C=O) groups excluding carboxylic acids is 4. The minimum absolute atomic E-state index is 0.0294. The molecule has 1 rings (SSSR count). The van der Waals surface area contributed by atoms with E-state index in [-0.39, 0.29) is 30.5 Å². The van der Waals surface area contributed by atoms with Gasteiger partial charge in [-0.2, -0.15) is 9.59 Å². The summed E-state index contributed by atoms with van der Waals surface area (Å²) in [5.41, 5.74) is 0. The van der Waals surface area contributed by atoms with Gasteiger partial charge in [0.15, 0.2) is 0 Å². The van der Waals surface area contributed by atoms with Gasteiger partial charge in [0.25, 0.3) is 0 Å². The molecular formula is C29H48O10. The second-order valence-corrected chi connectivity index (χ2v) is 10.7. The van der Waals surface area contributed by atoms with Gasteiger partial charge in [-0.05, 0) is 65.2 Å². The van der Waals surface area contributed by atoms with Crippen LogP contribution < -0.4 is 0 Å². The minimum Gasteiger partial charge on any atom is -0.429 e. The summed E-state index contributed by atoms with van der Waals surface area (Å²) < 4.78 is 9.58. The SMILES string of the molecule is CCCCCC1C=CC(CCCCCCCCC(=O)OOC(=O)OC(C)C)C(C(=O)OOC(=O)OC(C)C)C1. The van der Waals surface area contributed by atoms with E-state index in [1.165, 1.54) is 0 Å². The standard InChI is InChI=1S/C29H48O10/c1-6-7-12-15-23-18-19-24(25(20-23)27(31)37-39-29(33)35-22(4)5)16-13-10-8-9-11-14-17-26(30)36-38-28(32)34-21(2)3/h18-19,21-25H,6-17,20H2,1-5H3. The summed E-state index contributed by atoms with van der Waals surface area (Å²) in [5.74, 6) is -1.15. The Labute approximate surface area is 232 Å². The summed E-state index contributed by atoms with van der Waals surface area (Å²) in [5, 5.41) is 0. The average molecular weight is 557 g/mol. The molecule has 0 aromatic rings. The Morgan fingerprint density at radius 2 is 1.26 bits per heavy atom. The molecule has 3 atom stereocenters. The van der Waals surface area contributed by atoms with Crippen LogP contribution in [0.5, 0.6) is 0 Å². The van der Waals surface area contributed by atoms with Crippen LogP contribution in [0.25, 0.3) is 0 Å². The first kappa shape index (κ1) is 34.2. The van der Waals surface area contributed by atoms with Crippen LogP contribution in [0.15, 0.2) is 12.2 Å². The van der Waals surface area contributed by atoms with E-state index in [0.717, 1.165) is 64.2 Å². The Kier molecular flexibility index (Phi) is 17.7. The Bertz CT molecular complexity index is 761. The number of allylic oxidation sites excluding steroid dienone is 2. The van der Waals surface area contributed by atoms with Gasteiger partial charge in [-0.25, -0.2) is 29.1 Å². The van der Waals surface area contributed by atoms with Crippen LogP contribution in [0.3, 0.4) is 0 Å². The lowest BCUT2D eigenvalue weighted by molar-refractivity contribution is -0.251. The normalized spacial score (nSPS) is 18.5. The molecule has 0 bridgehead atoms. The van der Waals surface area contributed by atoms with E-state index in [0.29, 0.717) is 18.8 Å². The third kappa shape index (κ3) is 16.7. The molecule has 1 aliphatic rings. The topological polar surface area (TPSA) is 124 Å². The number of carbonyl (C=O) groups is 4. The van der Waals surface area contributed by atoms with Crippen LogP contribution in [0.4, 0.5) is 9.59 Å². The summed E-state index contributed by atoms with van der Waals surface area (Å²) in [6.07, 6.45) is 13.1. The molecule has 0 aromatic carbocycles. The first-order chi connectivity index (χ1) is 18.6. The zero-order valence-electron chi connectivity index (χ0n) is 24.3. The highest BCUT2D eigenvalue weighted by atomic mass is 17.2. The van der Waals surface area contributed by atoms with E-state index in [1.807, 2.05) is 0 Å². The lowest BCUT2D eigenvalue weighted by Crippen LogP contribution is -2.30. The number of rotatable bonds is 16. The van der Waals surface area contributed by atoms with Crippen LogP contribution in [0.2, 0.25) is 0 Å². The van der Waals surface area contributed by atoms with Gasteiger partial charge in [0.2, 0.25) is 0 Å². The second kappa shape index (κ2) is 20.2. The molecule has 224 valence electrons. The predicted molar refractivity (Wildman–Crippen MR) is 143 cm³/mol. The molecule has 0 saturated heterocycles. The van der Waals surface area contributed by atoms with Crippen molar-refractivity contribution in [3.05, 3.63) is 12.2 Å². The van der Waals surface area contributed by atoms with E-state index >= 15 is 0 Å². The van der Waals surface area contributed by atoms with Crippen LogP contribution in [0, 0.1) is 17.8 Å². The Balaban J connectivity index is 2.36. The monoisotopic (exact) mass is 556 g/mol. The van der Waals surface area contributed by atoms with E-state index in [4.69, 9.17) is 14.4 Å². The smallest absolute Gasteiger partial charge is 0.429 e. The molecule has 0 aromatic heterocycles. The van der Waals surface area contributed by atoms with Gasteiger partial charge >= 0.3 is 24.2 Å². The van der Waals surface area contributed by atoms with Crippen LogP contribution in [-0.4, -0.2) is 36.5 Å². The van der Waals surface area contributed by atoms with Gasteiger partial charge in [0, 0.05) is 0 Å². The Morgan fingerprint density at radius 1 is 0.692 bits per heavy atom. The van der Waals surface area contributed by atoms with Gasteiger partial charge in [-0.15, -0.1) is 0 Å². The van der Waals surface area contributed by atoms with E-state index in [9.17, 15) is 19.2 Å². The molecule has 10 heteroatoms. The highest BCUT2D eigenvalue weighted by Crippen LogP contribution is 2.35. The van der Waals surface area contributed by atoms with Crippen molar-refractivity contribution in [3.63, 3.8) is 0 Å². The molecule has 0 heterocycles. The maximum atomic E-state index is 12.8. The van der Waals surface area contributed by atoms with Crippen molar-refractivity contribution in [2.45, 2.75) is 130 Å². The van der Waals surface area contributed by atoms with Gasteiger partial charge in [-0.3, -0.25) is 0 Å². The molecule has 0 spiro atoms. The van der Waals surface area contributed by atoms with Crippen LogP contribution in [-0.2, 0) is 38.6 Å². The number of hydrogen-bond donors (Lipinski definition) is 0. The van der Waals surface area contributed by atoms with E-state index in [1.54, 1.807) is 27.7 Å². The fourth-order valence-electron chi connectivity index (χ4n) is 4.49. The zero-order valence-corrected chi connectivity index (χ0v) is 24.3. The number of unbranched alkanes of at least 4 members (excludes halogenated alkanes) is 7. The van der Waals surface area contributed by atoms with Gasteiger partial charge < -0.3 is 9.47 Å². The van der Waals surface area contributed by atoms with Crippen LogP contribution >= 0.6 is 0 Å². The van der Waals surface area contributed by atoms with Gasteiger partial charge in [0.1, 0.15) is 0 Å². The third-order valence-corrected chi connectivity index (χ3v) is 6.41. The van der Waals surface area contributed by atoms with Crippen molar-refractivity contribution >= 4 is 24.2 Å². The predicted octanol–water partition coefficient (Wildman–Crippen LogP) is 7.54. The van der Waals surface area contributed by atoms with Gasteiger partial charge in [0.05, 0.1) is 24.5 Å². The molecule has 0 radical (unpaired) electrons. The molecule has 0 fully saturated rings. The summed E-state index contributed by atoms with van der Waals surface area (Å²) in [7, 11) is 0. The maximum absolute atomic E-state index is 12.8. The quantitative estimate of drug-likeness (QED) is 0.0619. The van der Waals surface area contributed by atoms with Crippen molar-refractivity contribution in [3.8, 4) is 0 Å². The fourth-order valence-corrected chi connectivity index (χ4v) is 4.49. The lowest BCUT2D eigenvalue weighted by Gasteiger charge is -2.30. The number of ether oxygens (including phenoxy) is 2. The second-order valence-electron chi connectivity index (χ2n) is 10.7. The maximum Gasteiger partial charge on any atom is 0.550 e. The fraction of sp³-hybridized carbons (Fsp3) is 0.793. The highest BCUT2D eigenvalue weighted by Gasteiger charge is 2.34. The van der Waals surface area contributed by atoms with Gasteiger partial charge in [-0.1, -0.05) is 70.4 Å².